The molecule has 2 heterocycles. The first-order valence-electron chi connectivity index (χ1n) is 13.2. The van der Waals surface area contributed by atoms with Crippen LogP contribution in [0, 0.1) is 0 Å². The molecule has 0 bridgehead atoms. The zero-order valence-corrected chi connectivity index (χ0v) is 27.4. The number of rotatable bonds is 8. The molecule has 7 nitrogen and oxygen atoms in total. The fraction of sp³-hybridized carbons (Fsp3) is 0.219. The first-order valence-corrected chi connectivity index (χ1v) is 15.6. The number of aromatic nitrogens is 1. The third-order valence-corrected chi connectivity index (χ3v) is 8.59. The summed E-state index contributed by atoms with van der Waals surface area (Å²) in [5.41, 5.74) is 2.91. The molecule has 1 aromatic heterocycles. The van der Waals surface area contributed by atoms with Gasteiger partial charge in [0.05, 0.1) is 29.0 Å². The number of fused-ring (bicyclic) bond motifs is 1. The highest BCUT2D eigenvalue weighted by Gasteiger charge is 2.35. The summed E-state index contributed by atoms with van der Waals surface area (Å²) in [6, 6.07) is 20.2. The van der Waals surface area contributed by atoms with E-state index in [0.717, 1.165) is 20.1 Å². The number of carbonyl (C=O) groups is 1. The predicted molar refractivity (Wildman–Crippen MR) is 171 cm³/mol. The van der Waals surface area contributed by atoms with Crippen LogP contribution in [0.3, 0.4) is 0 Å². The van der Waals surface area contributed by atoms with Gasteiger partial charge < -0.3 is 14.2 Å². The van der Waals surface area contributed by atoms with Crippen molar-refractivity contribution in [2.45, 2.75) is 39.5 Å². The van der Waals surface area contributed by atoms with Crippen molar-refractivity contribution in [3.63, 3.8) is 0 Å². The van der Waals surface area contributed by atoms with Crippen LogP contribution in [0.15, 0.2) is 96.7 Å². The highest BCUT2D eigenvalue weighted by Crippen LogP contribution is 2.37. The Labute approximate surface area is 264 Å². The molecule has 0 amide bonds. The van der Waals surface area contributed by atoms with E-state index < -0.39 is 12.0 Å². The number of allylic oxidation sites excluding steroid dienone is 1. The van der Waals surface area contributed by atoms with Gasteiger partial charge in [-0.2, -0.15) is 0 Å². The summed E-state index contributed by atoms with van der Waals surface area (Å²) in [5, 5.41) is 0. The zero-order chi connectivity index (χ0) is 30.0. The summed E-state index contributed by atoms with van der Waals surface area (Å²) in [4.78, 5) is 32.7. The van der Waals surface area contributed by atoms with Crippen LogP contribution < -0.4 is 24.4 Å². The van der Waals surface area contributed by atoms with E-state index in [1.165, 1.54) is 11.3 Å². The smallest absolute Gasteiger partial charge is 0.338 e. The highest BCUT2D eigenvalue weighted by atomic mass is 79.9. The van der Waals surface area contributed by atoms with Crippen LogP contribution in [0.25, 0.3) is 6.08 Å². The predicted octanol–water partition coefficient (Wildman–Crippen LogP) is 6.30. The number of carbonyl (C=O) groups excluding carboxylic acids is 1. The second-order valence-corrected chi connectivity index (χ2v) is 12.7. The van der Waals surface area contributed by atoms with Gasteiger partial charge in [0.1, 0.15) is 24.1 Å². The quantitative estimate of drug-likeness (QED) is 0.201. The van der Waals surface area contributed by atoms with Gasteiger partial charge in [0.15, 0.2) is 4.80 Å². The van der Waals surface area contributed by atoms with Crippen molar-refractivity contribution in [2.24, 2.45) is 4.99 Å². The lowest BCUT2D eigenvalue weighted by Gasteiger charge is -2.26. The highest BCUT2D eigenvalue weighted by molar-refractivity contribution is 9.10. The summed E-state index contributed by atoms with van der Waals surface area (Å²) in [6.45, 7) is 5.71. The van der Waals surface area contributed by atoms with Gasteiger partial charge in [-0.15, -0.1) is 0 Å². The number of esters is 1. The van der Waals surface area contributed by atoms with Crippen molar-refractivity contribution in [1.29, 1.82) is 0 Å². The molecule has 1 aliphatic heterocycles. The average molecular weight is 712 g/mol. The molecule has 0 radical (unpaired) electrons. The minimum absolute atomic E-state index is 0.282. The van der Waals surface area contributed by atoms with Crippen molar-refractivity contribution in [3.8, 4) is 11.5 Å². The number of halogens is 2. The molecule has 0 saturated carbocycles. The number of ether oxygens (including phenoxy) is 3. The van der Waals surface area contributed by atoms with Gasteiger partial charge in [0.2, 0.25) is 0 Å². The van der Waals surface area contributed by atoms with Gasteiger partial charge >= 0.3 is 5.97 Å². The number of hydrogen-bond acceptors (Lipinski definition) is 7. The average Bonchev–Trinajstić information content (AvgIpc) is 3.26. The largest absolute Gasteiger partial charge is 0.496 e. The molecule has 5 rings (SSSR count). The van der Waals surface area contributed by atoms with E-state index in [4.69, 9.17) is 19.2 Å². The monoisotopic (exact) mass is 710 g/mol. The molecular weight excluding hydrogens is 684 g/mol. The number of methoxy groups -OCH3 is 1. The normalized spacial score (nSPS) is 14.9. The van der Waals surface area contributed by atoms with Gasteiger partial charge in [-0.25, -0.2) is 9.79 Å². The van der Waals surface area contributed by atoms with Crippen LogP contribution in [0.2, 0.25) is 0 Å². The summed E-state index contributed by atoms with van der Waals surface area (Å²) < 4.78 is 21.2. The van der Waals surface area contributed by atoms with E-state index in [0.29, 0.717) is 38.7 Å². The molecule has 0 aliphatic carbocycles. The summed E-state index contributed by atoms with van der Waals surface area (Å²) >= 11 is 8.25. The number of thiazole rings is 1. The third kappa shape index (κ3) is 6.30. The van der Waals surface area contributed by atoms with Crippen LogP contribution in [-0.2, 0) is 16.1 Å². The molecule has 3 aromatic carbocycles. The van der Waals surface area contributed by atoms with E-state index in [9.17, 15) is 9.59 Å². The lowest BCUT2D eigenvalue weighted by Crippen LogP contribution is -2.40. The van der Waals surface area contributed by atoms with Crippen molar-refractivity contribution >= 4 is 55.2 Å². The second kappa shape index (κ2) is 12.8. The Morgan fingerprint density at radius 2 is 1.76 bits per heavy atom. The van der Waals surface area contributed by atoms with E-state index in [-0.39, 0.29) is 17.2 Å². The lowest BCUT2D eigenvalue weighted by molar-refractivity contribution is -0.143. The number of benzene rings is 3. The Balaban J connectivity index is 1.63. The van der Waals surface area contributed by atoms with Crippen LogP contribution in [0.5, 0.6) is 11.5 Å². The third-order valence-electron chi connectivity index (χ3n) is 6.58. The Morgan fingerprint density at radius 1 is 1.05 bits per heavy atom. The van der Waals surface area contributed by atoms with Crippen molar-refractivity contribution in [3.05, 3.63) is 123 Å². The van der Waals surface area contributed by atoms with E-state index in [2.05, 4.69) is 31.9 Å². The maximum absolute atomic E-state index is 14.1. The Morgan fingerprint density at radius 3 is 2.48 bits per heavy atom. The minimum atomic E-state index is -0.800. The molecule has 42 heavy (non-hydrogen) atoms. The number of hydrogen-bond donors (Lipinski definition) is 0. The molecule has 0 unspecified atom stereocenters. The van der Waals surface area contributed by atoms with Crippen molar-refractivity contribution < 1.29 is 19.0 Å². The number of nitrogens with zero attached hydrogens (tertiary/aromatic N) is 2. The molecule has 0 spiro atoms. The van der Waals surface area contributed by atoms with E-state index in [1.54, 1.807) is 44.6 Å². The molecule has 1 aliphatic rings. The summed E-state index contributed by atoms with van der Waals surface area (Å²) in [6.07, 6.45) is 1.46. The molecule has 10 heteroatoms. The molecular formula is C32H28Br2N2O5S. The summed E-state index contributed by atoms with van der Waals surface area (Å²) in [5.74, 6) is 0.655. The molecule has 0 N–H and O–H groups in total. The van der Waals surface area contributed by atoms with Gasteiger partial charge in [-0.1, -0.05) is 73.5 Å². The Bertz CT molecular complexity index is 1860. The topological polar surface area (TPSA) is 79.1 Å². The fourth-order valence-corrected chi connectivity index (χ4v) is 6.37. The van der Waals surface area contributed by atoms with Crippen molar-refractivity contribution in [1.82, 2.24) is 4.57 Å². The SMILES string of the molecule is COc1ccc(Br)cc1[C@@H]1C(C(=O)OC(C)C)=C(C)N=c2s/c(=C\c3ccccc3OCc3ccc(Br)cc3)c(=O)n21. The molecule has 0 fully saturated rings. The maximum Gasteiger partial charge on any atom is 0.338 e. The molecule has 1 atom stereocenters. The minimum Gasteiger partial charge on any atom is -0.496 e. The fourth-order valence-electron chi connectivity index (χ4n) is 4.69. The zero-order valence-electron chi connectivity index (χ0n) is 23.4. The maximum atomic E-state index is 14.1. The second-order valence-electron chi connectivity index (χ2n) is 9.88. The van der Waals surface area contributed by atoms with E-state index in [1.807, 2.05) is 60.7 Å². The summed E-state index contributed by atoms with van der Waals surface area (Å²) in [7, 11) is 1.56. The number of para-hydroxylation sites is 1. The standard InChI is InChI=1S/C32H28Br2N2O5S/c1-18(2)41-31(38)28-19(3)35-32-36(29(28)24-16-23(34)13-14-26(24)39-4)30(37)27(42-32)15-21-7-5-6-8-25(21)40-17-20-9-11-22(33)12-10-20/h5-16,18,29H,17H2,1-4H3/b27-15-/t29-/m1/s1. The van der Waals surface area contributed by atoms with Crippen LogP contribution >= 0.6 is 43.2 Å². The van der Waals surface area contributed by atoms with E-state index >= 15 is 0 Å². The molecule has 0 saturated heterocycles. The first-order chi connectivity index (χ1) is 20.2. The molecule has 4 aromatic rings. The Kier molecular flexibility index (Phi) is 9.15. The first kappa shape index (κ1) is 30.0. The van der Waals surface area contributed by atoms with Crippen LogP contribution in [-0.4, -0.2) is 23.8 Å². The van der Waals surface area contributed by atoms with Gasteiger partial charge in [-0.05, 0) is 68.8 Å². The van der Waals surface area contributed by atoms with Gasteiger partial charge in [0, 0.05) is 20.1 Å². The van der Waals surface area contributed by atoms with Crippen molar-refractivity contribution in [2.75, 3.05) is 7.11 Å². The van der Waals surface area contributed by atoms with Crippen LogP contribution in [0.4, 0.5) is 0 Å². The molecule has 216 valence electrons. The van der Waals surface area contributed by atoms with Crippen LogP contribution in [0.1, 0.15) is 43.5 Å². The van der Waals surface area contributed by atoms with Gasteiger partial charge in [0.25, 0.3) is 5.56 Å². The van der Waals surface area contributed by atoms with Gasteiger partial charge in [-0.3, -0.25) is 9.36 Å². The lowest BCUT2D eigenvalue weighted by atomic mass is 9.95. The Hall–Kier alpha value is -3.47.